The molecule has 0 spiro atoms. The quantitative estimate of drug-likeness (QED) is 0.629. The predicted octanol–water partition coefficient (Wildman–Crippen LogP) is 3.58. The molecule has 0 atom stereocenters. The van der Waals surface area contributed by atoms with Crippen LogP contribution in [0.5, 0.6) is 5.88 Å². The minimum Gasteiger partial charge on any atom is -0.473 e. The fourth-order valence-electron chi connectivity index (χ4n) is 2.41. The number of carbonyl (C=O) groups excluding carboxylic acids is 2. The van der Waals surface area contributed by atoms with Crippen LogP contribution in [0.3, 0.4) is 0 Å². The summed E-state index contributed by atoms with van der Waals surface area (Å²) >= 11 is 0. The number of rotatable bonds is 9. The number of alkyl carbamates (subject to hydrolysis) is 1. The number of pyridine rings is 1. The van der Waals surface area contributed by atoms with Crippen LogP contribution < -0.4 is 15.4 Å². The summed E-state index contributed by atoms with van der Waals surface area (Å²) in [6.07, 6.45) is 2.04. The van der Waals surface area contributed by atoms with Crippen LogP contribution in [-0.4, -0.2) is 29.1 Å². The van der Waals surface area contributed by atoms with E-state index in [1.807, 2.05) is 42.5 Å². The van der Waals surface area contributed by atoms with Crippen molar-refractivity contribution in [2.45, 2.75) is 52.4 Å². The molecular formula is C22H29N3O4. The van der Waals surface area contributed by atoms with Gasteiger partial charge in [0.1, 0.15) is 12.2 Å². The first kappa shape index (κ1) is 22.2. The van der Waals surface area contributed by atoms with Gasteiger partial charge >= 0.3 is 6.09 Å². The summed E-state index contributed by atoms with van der Waals surface area (Å²) in [6, 6.07) is 13.5. The van der Waals surface area contributed by atoms with E-state index in [1.165, 1.54) is 0 Å². The van der Waals surface area contributed by atoms with Crippen molar-refractivity contribution >= 4 is 12.0 Å². The van der Waals surface area contributed by atoms with Crippen molar-refractivity contribution in [3.05, 3.63) is 59.8 Å². The minimum absolute atomic E-state index is 0.0837. The molecule has 2 rings (SSSR count). The van der Waals surface area contributed by atoms with Crippen molar-refractivity contribution in [1.29, 1.82) is 0 Å². The zero-order valence-electron chi connectivity index (χ0n) is 17.2. The molecule has 156 valence electrons. The van der Waals surface area contributed by atoms with Gasteiger partial charge in [-0.3, -0.25) is 4.79 Å². The van der Waals surface area contributed by atoms with Crippen molar-refractivity contribution in [1.82, 2.24) is 15.6 Å². The highest BCUT2D eigenvalue weighted by atomic mass is 16.6. The summed E-state index contributed by atoms with van der Waals surface area (Å²) in [5.41, 5.74) is 1.44. The summed E-state index contributed by atoms with van der Waals surface area (Å²) in [5, 5.41) is 5.50. The van der Waals surface area contributed by atoms with Gasteiger partial charge in [0.2, 0.25) is 11.8 Å². The smallest absolute Gasteiger partial charge is 0.407 e. The second kappa shape index (κ2) is 11.0. The van der Waals surface area contributed by atoms with Crippen molar-refractivity contribution < 1.29 is 19.1 Å². The van der Waals surface area contributed by atoms with Gasteiger partial charge in [0.15, 0.2) is 0 Å². The number of benzene rings is 1. The van der Waals surface area contributed by atoms with E-state index in [2.05, 4.69) is 15.6 Å². The summed E-state index contributed by atoms with van der Waals surface area (Å²) in [6.45, 7) is 6.62. The van der Waals surface area contributed by atoms with Gasteiger partial charge in [-0.25, -0.2) is 9.78 Å². The van der Waals surface area contributed by atoms with Gasteiger partial charge in [0.05, 0.1) is 0 Å². The Bertz CT molecular complexity index is 788. The maximum absolute atomic E-state index is 12.0. The molecule has 0 aliphatic carbocycles. The van der Waals surface area contributed by atoms with Crippen molar-refractivity contribution in [3.63, 3.8) is 0 Å². The third kappa shape index (κ3) is 9.60. The first-order valence-electron chi connectivity index (χ1n) is 9.67. The average molecular weight is 399 g/mol. The first-order valence-corrected chi connectivity index (χ1v) is 9.67. The molecule has 7 nitrogen and oxygen atoms in total. The topological polar surface area (TPSA) is 89.5 Å². The van der Waals surface area contributed by atoms with Gasteiger partial charge in [0, 0.05) is 31.8 Å². The molecule has 7 heteroatoms. The third-order valence-electron chi connectivity index (χ3n) is 3.77. The lowest BCUT2D eigenvalue weighted by Crippen LogP contribution is -2.33. The second-order valence-electron chi connectivity index (χ2n) is 7.59. The van der Waals surface area contributed by atoms with Crippen LogP contribution in [0.1, 0.15) is 44.7 Å². The van der Waals surface area contributed by atoms with Gasteiger partial charge in [0.25, 0.3) is 0 Å². The molecule has 0 saturated heterocycles. The lowest BCUT2D eigenvalue weighted by Gasteiger charge is -2.19. The fourth-order valence-corrected chi connectivity index (χ4v) is 2.41. The molecular weight excluding hydrogens is 370 g/mol. The van der Waals surface area contributed by atoms with Crippen molar-refractivity contribution in [2.24, 2.45) is 0 Å². The van der Waals surface area contributed by atoms with E-state index < -0.39 is 11.7 Å². The SMILES string of the molecule is CC(C)(C)OC(=O)NCCCC(=O)NCc1ccnc(OCc2ccccc2)c1. The number of hydrogen-bond acceptors (Lipinski definition) is 5. The number of aromatic nitrogens is 1. The van der Waals surface area contributed by atoms with E-state index >= 15 is 0 Å². The first-order chi connectivity index (χ1) is 13.8. The second-order valence-corrected chi connectivity index (χ2v) is 7.59. The zero-order valence-corrected chi connectivity index (χ0v) is 17.2. The van der Waals surface area contributed by atoms with Crippen LogP contribution in [0, 0.1) is 0 Å². The number of nitrogens with zero attached hydrogens (tertiary/aromatic N) is 1. The Labute approximate surface area is 171 Å². The number of hydrogen-bond donors (Lipinski definition) is 2. The lowest BCUT2D eigenvalue weighted by molar-refractivity contribution is -0.121. The number of nitrogens with one attached hydrogen (secondary N) is 2. The van der Waals surface area contributed by atoms with Crippen LogP contribution in [0.15, 0.2) is 48.7 Å². The Kier molecular flexibility index (Phi) is 8.45. The van der Waals surface area contributed by atoms with Gasteiger partial charge in [-0.2, -0.15) is 0 Å². The van der Waals surface area contributed by atoms with Crippen LogP contribution in [-0.2, 0) is 22.7 Å². The minimum atomic E-state index is -0.532. The molecule has 1 aromatic carbocycles. The van der Waals surface area contributed by atoms with Crippen LogP contribution in [0.4, 0.5) is 4.79 Å². The molecule has 0 aliphatic heterocycles. The molecule has 1 heterocycles. The monoisotopic (exact) mass is 399 g/mol. The molecule has 2 amide bonds. The van der Waals surface area contributed by atoms with Gasteiger partial charge in [-0.05, 0) is 44.4 Å². The fraction of sp³-hybridized carbons (Fsp3) is 0.409. The Morgan fingerprint density at radius 3 is 2.52 bits per heavy atom. The summed E-state index contributed by atoms with van der Waals surface area (Å²) in [7, 11) is 0. The zero-order chi connectivity index (χ0) is 21.1. The Balaban J connectivity index is 1.66. The van der Waals surface area contributed by atoms with Crippen molar-refractivity contribution in [2.75, 3.05) is 6.54 Å². The molecule has 2 aromatic rings. The molecule has 0 bridgehead atoms. The molecule has 1 aromatic heterocycles. The highest BCUT2D eigenvalue weighted by molar-refractivity contribution is 5.76. The van der Waals surface area contributed by atoms with Crippen LogP contribution in [0.25, 0.3) is 0 Å². The van der Waals surface area contributed by atoms with Crippen LogP contribution in [0.2, 0.25) is 0 Å². The largest absolute Gasteiger partial charge is 0.473 e. The van der Waals surface area contributed by atoms with E-state index in [9.17, 15) is 9.59 Å². The molecule has 0 unspecified atom stereocenters. The number of carbonyl (C=O) groups is 2. The van der Waals surface area contributed by atoms with Crippen LogP contribution >= 0.6 is 0 Å². The molecule has 2 N–H and O–H groups in total. The summed E-state index contributed by atoms with van der Waals surface area (Å²) < 4.78 is 10.8. The highest BCUT2D eigenvalue weighted by Crippen LogP contribution is 2.12. The normalized spacial score (nSPS) is 10.9. The van der Waals surface area contributed by atoms with Crippen molar-refractivity contribution in [3.8, 4) is 5.88 Å². The average Bonchev–Trinajstić information content (AvgIpc) is 2.68. The predicted molar refractivity (Wildman–Crippen MR) is 110 cm³/mol. The maximum atomic E-state index is 12.0. The molecule has 0 radical (unpaired) electrons. The number of amides is 2. The van der Waals surface area contributed by atoms with E-state index in [4.69, 9.17) is 9.47 Å². The summed E-state index contributed by atoms with van der Waals surface area (Å²) in [4.78, 5) is 27.7. The van der Waals surface area contributed by atoms with E-state index in [1.54, 1.807) is 27.0 Å². The molecule has 0 saturated carbocycles. The molecule has 29 heavy (non-hydrogen) atoms. The highest BCUT2D eigenvalue weighted by Gasteiger charge is 2.15. The standard InChI is InChI=1S/C22H29N3O4/c1-22(2,3)29-21(27)24-12-7-10-19(26)25-15-18-11-13-23-20(14-18)28-16-17-8-5-4-6-9-17/h4-6,8-9,11,13-14H,7,10,12,15-16H2,1-3H3,(H,24,27)(H,25,26). The third-order valence-corrected chi connectivity index (χ3v) is 3.77. The van der Waals surface area contributed by atoms with Gasteiger partial charge in [-0.1, -0.05) is 30.3 Å². The van der Waals surface area contributed by atoms with E-state index in [-0.39, 0.29) is 5.91 Å². The maximum Gasteiger partial charge on any atom is 0.407 e. The Hall–Kier alpha value is -3.09. The van der Waals surface area contributed by atoms with E-state index in [0.717, 1.165) is 11.1 Å². The Morgan fingerprint density at radius 2 is 1.79 bits per heavy atom. The lowest BCUT2D eigenvalue weighted by atomic mass is 10.2. The summed E-state index contributed by atoms with van der Waals surface area (Å²) in [5.74, 6) is 0.432. The van der Waals surface area contributed by atoms with E-state index in [0.29, 0.717) is 38.4 Å². The Morgan fingerprint density at radius 1 is 1.03 bits per heavy atom. The number of ether oxygens (including phenoxy) is 2. The molecule has 0 aliphatic rings. The van der Waals surface area contributed by atoms with Gasteiger partial charge < -0.3 is 20.1 Å². The molecule has 0 fully saturated rings. The van der Waals surface area contributed by atoms with Gasteiger partial charge in [-0.15, -0.1) is 0 Å².